The second kappa shape index (κ2) is 10.5. The largest absolute Gasteiger partial charge is 0.444 e. The Balaban J connectivity index is 1.84. The van der Waals surface area contributed by atoms with Gasteiger partial charge in [-0.2, -0.15) is 0 Å². The first-order valence-electron chi connectivity index (χ1n) is 10.8. The first-order chi connectivity index (χ1) is 14.9. The van der Waals surface area contributed by atoms with Gasteiger partial charge in [-0.3, -0.25) is 14.4 Å². The van der Waals surface area contributed by atoms with E-state index in [1.807, 2.05) is 30.3 Å². The van der Waals surface area contributed by atoms with Gasteiger partial charge >= 0.3 is 6.09 Å². The molecule has 1 saturated heterocycles. The minimum atomic E-state index is -0.811. The van der Waals surface area contributed by atoms with Crippen LogP contribution in [-0.2, 0) is 25.7 Å². The van der Waals surface area contributed by atoms with E-state index < -0.39 is 35.7 Å². The van der Waals surface area contributed by atoms with Crippen LogP contribution in [0.4, 0.5) is 4.79 Å². The molecule has 1 aromatic rings. The highest BCUT2D eigenvalue weighted by molar-refractivity contribution is 5.97. The number of hydrogen-bond acceptors (Lipinski definition) is 5. The fraction of sp³-hybridized carbons (Fsp3) is 0.565. The lowest BCUT2D eigenvalue weighted by molar-refractivity contribution is -0.133. The molecule has 2 rings (SSSR count). The molecule has 0 aromatic heterocycles. The monoisotopic (exact) mass is 446 g/mol. The lowest BCUT2D eigenvalue weighted by Gasteiger charge is -2.25. The van der Waals surface area contributed by atoms with Crippen molar-refractivity contribution in [2.75, 3.05) is 6.54 Å². The normalized spacial score (nSPS) is 17.2. The van der Waals surface area contributed by atoms with Gasteiger partial charge in [0.15, 0.2) is 0 Å². The zero-order valence-electron chi connectivity index (χ0n) is 19.6. The molecular formula is C23H34N4O5. The molecule has 3 atom stereocenters. The molecule has 1 aliphatic heterocycles. The molecule has 4 amide bonds. The molecule has 9 heteroatoms. The molecule has 3 N–H and O–H groups in total. The molecule has 9 nitrogen and oxygen atoms in total. The summed E-state index contributed by atoms with van der Waals surface area (Å²) in [5.74, 6) is -1.26. The molecule has 1 heterocycles. The maximum atomic E-state index is 12.8. The SMILES string of the molecule is CC(C)[C@H](NC(=O)OC(C)(C)C)C(=O)N1C[C@H]1C(=O)N[C@@H](C)C(=O)NCc1ccccc1. The summed E-state index contributed by atoms with van der Waals surface area (Å²) in [5.41, 5.74) is 0.268. The Kier molecular flexibility index (Phi) is 8.24. The van der Waals surface area contributed by atoms with E-state index in [1.54, 1.807) is 41.5 Å². The van der Waals surface area contributed by atoms with Gasteiger partial charge in [0.1, 0.15) is 23.7 Å². The topological polar surface area (TPSA) is 117 Å². The van der Waals surface area contributed by atoms with Crippen LogP contribution in [0.3, 0.4) is 0 Å². The Morgan fingerprint density at radius 2 is 1.69 bits per heavy atom. The van der Waals surface area contributed by atoms with Crippen LogP contribution in [0.15, 0.2) is 30.3 Å². The molecule has 32 heavy (non-hydrogen) atoms. The van der Waals surface area contributed by atoms with Gasteiger partial charge in [0.25, 0.3) is 0 Å². The Bertz CT molecular complexity index is 835. The number of carbonyl (C=O) groups is 4. The Labute approximate surface area is 189 Å². The van der Waals surface area contributed by atoms with Crippen LogP contribution in [0.25, 0.3) is 0 Å². The quantitative estimate of drug-likeness (QED) is 0.524. The highest BCUT2D eigenvalue weighted by Gasteiger charge is 2.47. The number of carbonyl (C=O) groups excluding carboxylic acids is 4. The van der Waals surface area contributed by atoms with Crippen LogP contribution < -0.4 is 16.0 Å². The molecule has 0 saturated carbocycles. The smallest absolute Gasteiger partial charge is 0.408 e. The van der Waals surface area contributed by atoms with Crippen molar-refractivity contribution in [2.24, 2.45) is 5.92 Å². The molecule has 0 aliphatic carbocycles. The summed E-state index contributed by atoms with van der Waals surface area (Å²) in [5, 5.41) is 8.02. The molecule has 0 unspecified atom stereocenters. The van der Waals surface area contributed by atoms with E-state index >= 15 is 0 Å². The molecule has 0 radical (unpaired) electrons. The van der Waals surface area contributed by atoms with E-state index in [0.29, 0.717) is 6.54 Å². The second-order valence-electron chi connectivity index (χ2n) is 9.31. The fourth-order valence-electron chi connectivity index (χ4n) is 3.05. The van der Waals surface area contributed by atoms with Crippen molar-refractivity contribution in [1.29, 1.82) is 0 Å². The minimum absolute atomic E-state index is 0.193. The number of nitrogens with one attached hydrogen (secondary N) is 3. The molecule has 0 spiro atoms. The third kappa shape index (κ3) is 7.55. The molecule has 1 fully saturated rings. The van der Waals surface area contributed by atoms with Crippen LogP contribution >= 0.6 is 0 Å². The van der Waals surface area contributed by atoms with Gasteiger partial charge in [-0.05, 0) is 39.2 Å². The molecule has 1 aromatic carbocycles. The van der Waals surface area contributed by atoms with Gasteiger partial charge in [0.2, 0.25) is 17.7 Å². The van der Waals surface area contributed by atoms with Gasteiger partial charge in [-0.25, -0.2) is 4.79 Å². The number of alkyl carbamates (subject to hydrolysis) is 1. The predicted octanol–water partition coefficient (Wildman–Crippen LogP) is 1.57. The Morgan fingerprint density at radius 3 is 2.25 bits per heavy atom. The predicted molar refractivity (Wildman–Crippen MR) is 119 cm³/mol. The van der Waals surface area contributed by atoms with E-state index in [2.05, 4.69) is 16.0 Å². The molecule has 176 valence electrons. The standard InChI is InChI=1S/C23H34N4O5/c1-14(2)18(26-22(31)32-23(4,5)6)21(30)27-13-17(27)20(29)25-15(3)19(28)24-12-16-10-8-7-9-11-16/h7-11,14-15,17-18H,12-13H2,1-6H3,(H,24,28)(H,25,29)(H,26,31)/t15-,17-,18-,27?/m0/s1. The van der Waals surface area contributed by atoms with Crippen LogP contribution in [0, 0.1) is 5.92 Å². The Hall–Kier alpha value is -3.10. The van der Waals surface area contributed by atoms with Gasteiger partial charge in [0, 0.05) is 6.54 Å². The third-order valence-corrected chi connectivity index (χ3v) is 4.86. The number of hydrogen-bond donors (Lipinski definition) is 3. The van der Waals surface area contributed by atoms with Crippen molar-refractivity contribution in [2.45, 2.75) is 71.8 Å². The highest BCUT2D eigenvalue weighted by Crippen LogP contribution is 2.22. The second-order valence-corrected chi connectivity index (χ2v) is 9.31. The lowest BCUT2D eigenvalue weighted by atomic mass is 10.0. The number of amides is 4. The molecule has 1 aliphatic rings. The van der Waals surface area contributed by atoms with E-state index in [9.17, 15) is 19.2 Å². The first kappa shape index (κ1) is 25.2. The van der Waals surface area contributed by atoms with Crippen LogP contribution in [0.1, 0.15) is 47.1 Å². The number of rotatable bonds is 8. The van der Waals surface area contributed by atoms with E-state index in [1.165, 1.54) is 4.90 Å². The number of benzene rings is 1. The zero-order chi connectivity index (χ0) is 24.1. The summed E-state index contributed by atoms with van der Waals surface area (Å²) >= 11 is 0. The summed E-state index contributed by atoms with van der Waals surface area (Å²) in [6.07, 6.45) is -0.684. The average molecular weight is 447 g/mol. The summed E-state index contributed by atoms with van der Waals surface area (Å²) in [7, 11) is 0. The van der Waals surface area contributed by atoms with Gasteiger partial charge < -0.3 is 25.6 Å². The fourth-order valence-corrected chi connectivity index (χ4v) is 3.05. The van der Waals surface area contributed by atoms with Crippen molar-refractivity contribution in [3.63, 3.8) is 0 Å². The molecular weight excluding hydrogens is 412 g/mol. The highest BCUT2D eigenvalue weighted by atomic mass is 16.6. The molecule has 0 bridgehead atoms. The summed E-state index contributed by atoms with van der Waals surface area (Å²) in [4.78, 5) is 51.1. The van der Waals surface area contributed by atoms with Crippen LogP contribution in [-0.4, -0.2) is 59.0 Å². The van der Waals surface area contributed by atoms with Gasteiger partial charge in [-0.1, -0.05) is 44.2 Å². The summed E-state index contributed by atoms with van der Waals surface area (Å²) < 4.78 is 5.23. The van der Waals surface area contributed by atoms with Gasteiger partial charge in [-0.15, -0.1) is 0 Å². The maximum Gasteiger partial charge on any atom is 0.408 e. The summed E-state index contributed by atoms with van der Waals surface area (Å²) in [6, 6.07) is 7.24. The van der Waals surface area contributed by atoms with E-state index in [4.69, 9.17) is 4.74 Å². The first-order valence-corrected chi connectivity index (χ1v) is 10.8. The van der Waals surface area contributed by atoms with Crippen molar-refractivity contribution in [3.8, 4) is 0 Å². The Morgan fingerprint density at radius 1 is 1.06 bits per heavy atom. The van der Waals surface area contributed by atoms with Crippen molar-refractivity contribution >= 4 is 23.8 Å². The lowest BCUT2D eigenvalue weighted by Crippen LogP contribution is -2.50. The van der Waals surface area contributed by atoms with E-state index in [0.717, 1.165) is 5.56 Å². The van der Waals surface area contributed by atoms with Gasteiger partial charge in [0.05, 0.1) is 6.54 Å². The average Bonchev–Trinajstić information content (AvgIpc) is 3.50. The van der Waals surface area contributed by atoms with Crippen LogP contribution in [0.5, 0.6) is 0 Å². The zero-order valence-corrected chi connectivity index (χ0v) is 19.6. The van der Waals surface area contributed by atoms with E-state index in [-0.39, 0.29) is 24.3 Å². The number of nitrogens with zero attached hydrogens (tertiary/aromatic N) is 1. The van der Waals surface area contributed by atoms with Crippen molar-refractivity contribution < 1.29 is 23.9 Å². The third-order valence-electron chi connectivity index (χ3n) is 4.86. The number of ether oxygens (including phenoxy) is 1. The minimum Gasteiger partial charge on any atom is -0.444 e. The van der Waals surface area contributed by atoms with Crippen molar-refractivity contribution in [1.82, 2.24) is 20.9 Å². The van der Waals surface area contributed by atoms with Crippen LogP contribution in [0.2, 0.25) is 0 Å². The van der Waals surface area contributed by atoms with Crippen molar-refractivity contribution in [3.05, 3.63) is 35.9 Å². The summed E-state index contributed by atoms with van der Waals surface area (Å²) in [6.45, 7) is 11.0. The maximum absolute atomic E-state index is 12.8.